The Hall–Kier alpha value is -2.11. The van der Waals surface area contributed by atoms with Crippen molar-refractivity contribution in [1.82, 2.24) is 0 Å². The molecule has 3 rings (SSSR count). The summed E-state index contributed by atoms with van der Waals surface area (Å²) in [5, 5.41) is 19.2. The molecule has 2 aliphatic rings. The molecule has 0 amide bonds. The molecule has 3 atom stereocenters. The van der Waals surface area contributed by atoms with Crippen molar-refractivity contribution in [3.63, 3.8) is 0 Å². The van der Waals surface area contributed by atoms with Crippen molar-refractivity contribution >= 4 is 5.97 Å². The Morgan fingerprint density at radius 2 is 2.10 bits per heavy atom. The molecule has 3 unspecified atom stereocenters. The number of aliphatic hydroxyl groups is 2. The average molecular weight is 288 g/mol. The Labute approximate surface area is 122 Å². The van der Waals surface area contributed by atoms with Crippen molar-refractivity contribution in [3.05, 3.63) is 53.8 Å². The van der Waals surface area contributed by atoms with Gasteiger partial charge in [0.15, 0.2) is 0 Å². The fourth-order valence-corrected chi connectivity index (χ4v) is 2.86. The van der Waals surface area contributed by atoms with Gasteiger partial charge in [-0.05, 0) is 24.1 Å². The number of fused-ring (bicyclic) bond motifs is 1. The zero-order valence-corrected chi connectivity index (χ0v) is 11.3. The number of allylic oxidation sites excluding steroid dienone is 1. The van der Waals surface area contributed by atoms with E-state index >= 15 is 0 Å². The van der Waals surface area contributed by atoms with Crippen LogP contribution in [0.1, 0.15) is 6.42 Å². The molecule has 5 heteroatoms. The number of ether oxygens (including phenoxy) is 2. The molecule has 2 N–H and O–H groups in total. The maximum Gasteiger partial charge on any atom is 0.342 e. The Morgan fingerprint density at radius 3 is 2.81 bits per heavy atom. The van der Waals surface area contributed by atoms with Crippen molar-refractivity contribution in [2.45, 2.75) is 12.7 Å². The third-order valence-electron chi connectivity index (χ3n) is 3.91. The predicted molar refractivity (Wildman–Crippen MR) is 74.0 cm³/mol. The molecule has 1 aliphatic heterocycles. The molecule has 0 saturated carbocycles. The lowest BCUT2D eigenvalue weighted by molar-refractivity contribution is -0.136. The van der Waals surface area contributed by atoms with E-state index in [0.717, 1.165) is 0 Å². The van der Waals surface area contributed by atoms with Crippen LogP contribution in [-0.4, -0.2) is 29.1 Å². The van der Waals surface area contributed by atoms with Crippen LogP contribution in [0.3, 0.4) is 0 Å². The zero-order chi connectivity index (χ0) is 14.8. The minimum Gasteiger partial charge on any atom is -0.472 e. The van der Waals surface area contributed by atoms with Crippen LogP contribution in [-0.2, 0) is 9.53 Å². The Balaban J connectivity index is 1.78. The van der Waals surface area contributed by atoms with Gasteiger partial charge in [0.05, 0.1) is 24.4 Å². The second-order valence-electron chi connectivity index (χ2n) is 5.11. The number of hydrogen-bond acceptors (Lipinski definition) is 5. The molecule has 110 valence electrons. The molecule has 5 nitrogen and oxygen atoms in total. The van der Waals surface area contributed by atoms with E-state index in [9.17, 15) is 15.0 Å². The lowest BCUT2D eigenvalue weighted by atomic mass is 9.83. The summed E-state index contributed by atoms with van der Waals surface area (Å²) in [7, 11) is 0. The third-order valence-corrected chi connectivity index (χ3v) is 3.91. The number of esters is 1. The highest BCUT2D eigenvalue weighted by Crippen LogP contribution is 2.42. The van der Waals surface area contributed by atoms with E-state index in [1.807, 2.05) is 12.1 Å². The molecule has 0 bridgehead atoms. The van der Waals surface area contributed by atoms with Crippen molar-refractivity contribution in [2.75, 3.05) is 6.61 Å². The monoisotopic (exact) mass is 288 g/mol. The van der Waals surface area contributed by atoms with Crippen LogP contribution >= 0.6 is 0 Å². The number of rotatable bonds is 3. The first-order chi connectivity index (χ1) is 10.2. The maximum atomic E-state index is 12.3. The Bertz CT molecular complexity index is 590. The second-order valence-corrected chi connectivity index (χ2v) is 5.11. The van der Waals surface area contributed by atoms with Crippen molar-refractivity contribution in [2.24, 2.45) is 11.8 Å². The summed E-state index contributed by atoms with van der Waals surface area (Å²) in [5.41, 5.74) is 1.08. The van der Waals surface area contributed by atoms with Gasteiger partial charge in [-0.2, -0.15) is 0 Å². The van der Waals surface area contributed by atoms with Crippen molar-refractivity contribution in [1.29, 1.82) is 0 Å². The summed E-state index contributed by atoms with van der Waals surface area (Å²) in [6.07, 6.45) is 2.66. The number of carbonyl (C=O) groups excluding carboxylic acids is 1. The van der Waals surface area contributed by atoms with Gasteiger partial charge in [0.25, 0.3) is 0 Å². The SMILES string of the molecule is O=C(Oc1ccccc1)C1=COC(O)C2C(CO)=CCC12. The molecule has 1 heterocycles. The average Bonchev–Trinajstić information content (AvgIpc) is 2.93. The van der Waals surface area contributed by atoms with Gasteiger partial charge in [-0.1, -0.05) is 24.3 Å². The minimum atomic E-state index is -1.04. The fraction of sp³-hybridized carbons (Fsp3) is 0.312. The van der Waals surface area contributed by atoms with Gasteiger partial charge in [0, 0.05) is 5.92 Å². The van der Waals surface area contributed by atoms with Crippen LogP contribution in [0.5, 0.6) is 5.75 Å². The van der Waals surface area contributed by atoms with Crippen LogP contribution in [0.25, 0.3) is 0 Å². The van der Waals surface area contributed by atoms with E-state index in [-0.39, 0.29) is 12.5 Å². The molecule has 21 heavy (non-hydrogen) atoms. The molecule has 1 aromatic rings. The molecule has 0 saturated heterocycles. The Kier molecular flexibility index (Phi) is 3.77. The summed E-state index contributed by atoms with van der Waals surface area (Å²) >= 11 is 0. The highest BCUT2D eigenvalue weighted by molar-refractivity contribution is 5.91. The molecule has 1 aliphatic carbocycles. The summed E-state index contributed by atoms with van der Waals surface area (Å²) in [6.45, 7) is -0.150. The summed E-state index contributed by atoms with van der Waals surface area (Å²) in [6, 6.07) is 8.78. The smallest absolute Gasteiger partial charge is 0.342 e. The molecule has 0 radical (unpaired) electrons. The molecule has 0 fully saturated rings. The van der Waals surface area contributed by atoms with Crippen LogP contribution in [0.2, 0.25) is 0 Å². The lowest BCUT2D eigenvalue weighted by Gasteiger charge is -2.31. The predicted octanol–water partition coefficient (Wildman–Crippen LogP) is 1.38. The first kappa shape index (κ1) is 13.9. The largest absolute Gasteiger partial charge is 0.472 e. The van der Waals surface area contributed by atoms with E-state index in [2.05, 4.69) is 0 Å². The van der Waals surface area contributed by atoms with E-state index < -0.39 is 18.2 Å². The number of para-hydroxylation sites is 1. The summed E-state index contributed by atoms with van der Waals surface area (Å²) in [5.74, 6) is -0.638. The third kappa shape index (κ3) is 2.57. The van der Waals surface area contributed by atoms with Crippen LogP contribution in [0, 0.1) is 11.8 Å². The fourth-order valence-electron chi connectivity index (χ4n) is 2.86. The topological polar surface area (TPSA) is 76.0 Å². The van der Waals surface area contributed by atoms with Crippen LogP contribution < -0.4 is 4.74 Å². The van der Waals surface area contributed by atoms with Crippen LogP contribution in [0.4, 0.5) is 0 Å². The van der Waals surface area contributed by atoms with Crippen molar-refractivity contribution in [3.8, 4) is 5.75 Å². The number of aliphatic hydroxyl groups excluding tert-OH is 2. The highest BCUT2D eigenvalue weighted by atomic mass is 16.6. The van der Waals surface area contributed by atoms with E-state index in [4.69, 9.17) is 9.47 Å². The highest BCUT2D eigenvalue weighted by Gasteiger charge is 2.43. The van der Waals surface area contributed by atoms with Crippen LogP contribution in [0.15, 0.2) is 53.8 Å². The summed E-state index contributed by atoms with van der Waals surface area (Å²) in [4.78, 5) is 12.3. The van der Waals surface area contributed by atoms with E-state index in [0.29, 0.717) is 23.3 Å². The standard InChI is InChI=1S/C16H16O5/c17-8-10-6-7-12-13(9-20-16(19)14(10)12)15(18)21-11-4-2-1-3-5-11/h1-6,9,12,14,16-17,19H,7-8H2. The number of hydrogen-bond donors (Lipinski definition) is 2. The quantitative estimate of drug-likeness (QED) is 0.499. The maximum absolute atomic E-state index is 12.3. The molecule has 0 aromatic heterocycles. The molecule has 1 aromatic carbocycles. The summed E-state index contributed by atoms with van der Waals surface area (Å²) < 4.78 is 10.4. The first-order valence-electron chi connectivity index (χ1n) is 6.81. The van der Waals surface area contributed by atoms with E-state index in [1.54, 1.807) is 24.3 Å². The molecular formula is C16H16O5. The van der Waals surface area contributed by atoms with Gasteiger partial charge in [0.2, 0.25) is 6.29 Å². The van der Waals surface area contributed by atoms with E-state index in [1.165, 1.54) is 6.26 Å². The van der Waals surface area contributed by atoms with Gasteiger partial charge < -0.3 is 19.7 Å². The minimum absolute atomic E-state index is 0.150. The first-order valence-corrected chi connectivity index (χ1v) is 6.81. The normalized spacial score (nSPS) is 27.2. The number of carbonyl (C=O) groups is 1. The van der Waals surface area contributed by atoms with Gasteiger partial charge >= 0.3 is 5.97 Å². The zero-order valence-electron chi connectivity index (χ0n) is 11.3. The Morgan fingerprint density at radius 1 is 1.33 bits per heavy atom. The molecular weight excluding hydrogens is 272 g/mol. The lowest BCUT2D eigenvalue weighted by Crippen LogP contribution is -2.36. The van der Waals surface area contributed by atoms with Gasteiger partial charge in [-0.25, -0.2) is 4.79 Å². The van der Waals surface area contributed by atoms with Gasteiger partial charge in [-0.15, -0.1) is 0 Å². The second kappa shape index (κ2) is 5.71. The number of benzene rings is 1. The molecule has 0 spiro atoms. The van der Waals surface area contributed by atoms with Gasteiger partial charge in [-0.3, -0.25) is 0 Å². The van der Waals surface area contributed by atoms with Crippen molar-refractivity contribution < 1.29 is 24.5 Å². The van der Waals surface area contributed by atoms with Gasteiger partial charge in [0.1, 0.15) is 5.75 Å².